The zero-order valence-electron chi connectivity index (χ0n) is 9.10. The van der Waals surface area contributed by atoms with Gasteiger partial charge in [-0.15, -0.1) is 0 Å². The predicted octanol–water partition coefficient (Wildman–Crippen LogP) is 2.60. The minimum atomic E-state index is -0.207. The van der Waals surface area contributed by atoms with Crippen molar-refractivity contribution in [1.29, 1.82) is 5.26 Å². The second-order valence-electron chi connectivity index (χ2n) is 4.96. The Morgan fingerprint density at radius 3 is 1.93 bits per heavy atom. The summed E-state index contributed by atoms with van der Waals surface area (Å²) in [4.78, 5) is 0. The summed E-state index contributed by atoms with van der Waals surface area (Å²) in [5.74, 6) is 0. The SMILES string of the molecule is CNC1(C#N)CCCCC12CCCC2. The Bertz CT molecular complexity index is 248. The number of hydrogen-bond donors (Lipinski definition) is 1. The van der Waals surface area contributed by atoms with Crippen molar-refractivity contribution in [3.8, 4) is 6.07 Å². The largest absolute Gasteiger partial charge is 0.302 e. The number of nitrogens with one attached hydrogen (secondary N) is 1. The smallest absolute Gasteiger partial charge is 0.112 e. The van der Waals surface area contributed by atoms with E-state index >= 15 is 0 Å². The van der Waals surface area contributed by atoms with Crippen LogP contribution in [-0.4, -0.2) is 12.6 Å². The Balaban J connectivity index is 2.31. The predicted molar refractivity (Wildman–Crippen MR) is 56.8 cm³/mol. The summed E-state index contributed by atoms with van der Waals surface area (Å²) in [6, 6.07) is 2.59. The van der Waals surface area contributed by atoms with E-state index in [9.17, 15) is 5.26 Å². The molecule has 2 aliphatic rings. The van der Waals surface area contributed by atoms with E-state index in [1.165, 1.54) is 44.9 Å². The molecule has 0 aromatic rings. The second-order valence-corrected chi connectivity index (χ2v) is 4.96. The molecular formula is C12H20N2. The summed E-state index contributed by atoms with van der Waals surface area (Å²) in [7, 11) is 1.97. The molecule has 0 aromatic heterocycles. The molecule has 14 heavy (non-hydrogen) atoms. The molecule has 0 heterocycles. The van der Waals surface area contributed by atoms with Crippen LogP contribution in [0, 0.1) is 16.7 Å². The third-order valence-corrected chi connectivity index (χ3v) is 4.54. The van der Waals surface area contributed by atoms with Gasteiger partial charge in [0.05, 0.1) is 6.07 Å². The van der Waals surface area contributed by atoms with Crippen LogP contribution in [0.3, 0.4) is 0 Å². The lowest BCUT2D eigenvalue weighted by atomic mass is 9.60. The Morgan fingerprint density at radius 2 is 1.50 bits per heavy atom. The number of nitrogens with zero attached hydrogens (tertiary/aromatic N) is 1. The Labute approximate surface area is 86.7 Å². The highest BCUT2D eigenvalue weighted by Gasteiger charge is 2.53. The van der Waals surface area contributed by atoms with E-state index in [4.69, 9.17) is 0 Å². The maximum atomic E-state index is 9.45. The fourth-order valence-electron chi connectivity index (χ4n) is 3.68. The van der Waals surface area contributed by atoms with Gasteiger partial charge in [0, 0.05) is 5.41 Å². The molecule has 1 atom stereocenters. The van der Waals surface area contributed by atoms with Crippen molar-refractivity contribution in [2.45, 2.75) is 56.9 Å². The fraction of sp³-hybridized carbons (Fsp3) is 0.917. The first kappa shape index (κ1) is 9.98. The molecule has 1 spiro atoms. The van der Waals surface area contributed by atoms with Gasteiger partial charge in [-0.2, -0.15) is 5.26 Å². The maximum absolute atomic E-state index is 9.45. The number of nitriles is 1. The van der Waals surface area contributed by atoms with E-state index in [0.29, 0.717) is 5.41 Å². The molecule has 2 heteroatoms. The molecule has 2 aliphatic carbocycles. The molecule has 2 fully saturated rings. The van der Waals surface area contributed by atoms with E-state index in [1.54, 1.807) is 0 Å². The van der Waals surface area contributed by atoms with Gasteiger partial charge in [-0.25, -0.2) is 0 Å². The highest BCUT2D eigenvalue weighted by molar-refractivity contribution is 5.19. The maximum Gasteiger partial charge on any atom is 0.112 e. The lowest BCUT2D eigenvalue weighted by molar-refractivity contribution is 0.0840. The van der Waals surface area contributed by atoms with Crippen LogP contribution in [0.2, 0.25) is 0 Å². The van der Waals surface area contributed by atoms with Gasteiger partial charge in [0.15, 0.2) is 0 Å². The topological polar surface area (TPSA) is 35.8 Å². The molecule has 2 rings (SSSR count). The van der Waals surface area contributed by atoms with Gasteiger partial charge in [0.1, 0.15) is 5.54 Å². The first-order valence-electron chi connectivity index (χ1n) is 5.89. The minimum absolute atomic E-state index is 0.207. The van der Waals surface area contributed by atoms with Crippen molar-refractivity contribution in [2.24, 2.45) is 5.41 Å². The zero-order chi connectivity index (χ0) is 10.1. The van der Waals surface area contributed by atoms with Gasteiger partial charge in [-0.3, -0.25) is 0 Å². The Morgan fingerprint density at radius 1 is 1.00 bits per heavy atom. The van der Waals surface area contributed by atoms with Crippen molar-refractivity contribution >= 4 is 0 Å². The summed E-state index contributed by atoms with van der Waals surface area (Å²) in [6.07, 6.45) is 10.0. The molecule has 1 N–H and O–H groups in total. The first-order chi connectivity index (χ1) is 6.79. The average Bonchev–Trinajstić information content (AvgIpc) is 2.69. The van der Waals surface area contributed by atoms with Crippen LogP contribution in [0.4, 0.5) is 0 Å². The Hall–Kier alpha value is -0.550. The average molecular weight is 192 g/mol. The summed E-state index contributed by atoms with van der Waals surface area (Å²) >= 11 is 0. The van der Waals surface area contributed by atoms with Gasteiger partial charge < -0.3 is 5.32 Å². The lowest BCUT2D eigenvalue weighted by Crippen LogP contribution is -2.56. The standard InChI is InChI=1S/C12H20N2/c1-14-12(10-13)9-5-4-8-11(12)6-2-3-7-11/h14H,2-9H2,1H3. The van der Waals surface area contributed by atoms with Crippen molar-refractivity contribution < 1.29 is 0 Å². The molecule has 2 nitrogen and oxygen atoms in total. The van der Waals surface area contributed by atoms with E-state index in [0.717, 1.165) is 6.42 Å². The highest BCUT2D eigenvalue weighted by Crippen LogP contribution is 2.54. The summed E-state index contributed by atoms with van der Waals surface area (Å²) in [6.45, 7) is 0. The first-order valence-corrected chi connectivity index (χ1v) is 5.89. The zero-order valence-corrected chi connectivity index (χ0v) is 9.10. The van der Waals surface area contributed by atoms with Crippen molar-refractivity contribution in [3.63, 3.8) is 0 Å². The lowest BCUT2D eigenvalue weighted by Gasteiger charge is -2.47. The van der Waals surface area contributed by atoms with E-state index in [1.807, 2.05) is 7.05 Å². The molecule has 0 bridgehead atoms. The van der Waals surface area contributed by atoms with Crippen LogP contribution in [0.5, 0.6) is 0 Å². The number of hydrogen-bond acceptors (Lipinski definition) is 2. The molecule has 0 radical (unpaired) electrons. The molecule has 0 aromatic carbocycles. The van der Waals surface area contributed by atoms with Crippen LogP contribution < -0.4 is 5.32 Å². The quantitative estimate of drug-likeness (QED) is 0.693. The number of rotatable bonds is 1. The van der Waals surface area contributed by atoms with Gasteiger partial charge in [-0.1, -0.05) is 25.7 Å². The normalized spacial score (nSPS) is 35.7. The Kier molecular flexibility index (Phi) is 2.53. The van der Waals surface area contributed by atoms with E-state index < -0.39 is 0 Å². The summed E-state index contributed by atoms with van der Waals surface area (Å²) < 4.78 is 0. The molecule has 2 saturated carbocycles. The molecule has 78 valence electrons. The summed E-state index contributed by atoms with van der Waals surface area (Å²) in [5, 5.41) is 12.8. The van der Waals surface area contributed by atoms with Crippen molar-refractivity contribution in [1.82, 2.24) is 5.32 Å². The van der Waals surface area contributed by atoms with Crippen molar-refractivity contribution in [3.05, 3.63) is 0 Å². The molecule has 0 amide bonds. The van der Waals surface area contributed by atoms with Gasteiger partial charge in [0.2, 0.25) is 0 Å². The van der Waals surface area contributed by atoms with Gasteiger partial charge in [0.25, 0.3) is 0 Å². The van der Waals surface area contributed by atoms with Crippen LogP contribution in [0.25, 0.3) is 0 Å². The van der Waals surface area contributed by atoms with Crippen molar-refractivity contribution in [2.75, 3.05) is 7.05 Å². The summed E-state index contributed by atoms with van der Waals surface area (Å²) in [5.41, 5.74) is 0.108. The van der Waals surface area contributed by atoms with Crippen LogP contribution in [0.15, 0.2) is 0 Å². The molecule has 1 unspecified atom stereocenters. The molecule has 0 aliphatic heterocycles. The van der Waals surface area contributed by atoms with Crippen LogP contribution >= 0.6 is 0 Å². The van der Waals surface area contributed by atoms with Crippen LogP contribution in [0.1, 0.15) is 51.4 Å². The van der Waals surface area contributed by atoms with Gasteiger partial charge >= 0.3 is 0 Å². The monoisotopic (exact) mass is 192 g/mol. The molecular weight excluding hydrogens is 172 g/mol. The molecule has 0 saturated heterocycles. The van der Waals surface area contributed by atoms with Crippen LogP contribution in [-0.2, 0) is 0 Å². The van der Waals surface area contributed by atoms with E-state index in [2.05, 4.69) is 11.4 Å². The fourth-order valence-corrected chi connectivity index (χ4v) is 3.68. The van der Waals surface area contributed by atoms with E-state index in [-0.39, 0.29) is 5.54 Å². The highest BCUT2D eigenvalue weighted by atomic mass is 15.0. The van der Waals surface area contributed by atoms with Gasteiger partial charge in [-0.05, 0) is 32.7 Å². The third kappa shape index (κ3) is 1.19. The minimum Gasteiger partial charge on any atom is -0.302 e. The second kappa shape index (κ2) is 3.55. The third-order valence-electron chi connectivity index (χ3n) is 4.54.